The Morgan fingerprint density at radius 2 is 2.21 bits per heavy atom. The van der Waals surface area contributed by atoms with Gasteiger partial charge in [0.25, 0.3) is 0 Å². The Balaban J connectivity index is 3.19. The van der Waals surface area contributed by atoms with Crippen LogP contribution >= 0.6 is 0 Å². The molecule has 0 saturated carbocycles. The van der Waals surface area contributed by atoms with Crippen molar-refractivity contribution in [2.24, 2.45) is 5.84 Å². The molecule has 19 heavy (non-hydrogen) atoms. The average Bonchev–Trinajstić information content (AvgIpc) is 2.38. The van der Waals surface area contributed by atoms with Gasteiger partial charge in [-0.3, -0.25) is 0 Å². The highest BCUT2D eigenvalue weighted by Crippen LogP contribution is 2.23. The number of nitrogens with two attached hydrogens (primary N) is 1. The quantitative estimate of drug-likeness (QED) is 0.487. The number of pyridine rings is 1. The van der Waals surface area contributed by atoms with Crippen molar-refractivity contribution in [3.05, 3.63) is 18.3 Å². The Morgan fingerprint density at radius 3 is 2.74 bits per heavy atom. The number of aliphatic hydroxyl groups is 1. The van der Waals surface area contributed by atoms with Crippen molar-refractivity contribution < 1.29 is 13.5 Å². The van der Waals surface area contributed by atoms with Gasteiger partial charge in [0, 0.05) is 25.4 Å². The third-order valence-electron chi connectivity index (χ3n) is 2.61. The van der Waals surface area contributed by atoms with Gasteiger partial charge in [-0.2, -0.15) is 4.31 Å². The van der Waals surface area contributed by atoms with E-state index in [9.17, 15) is 8.42 Å². The van der Waals surface area contributed by atoms with Gasteiger partial charge in [0.05, 0.1) is 0 Å². The zero-order valence-corrected chi connectivity index (χ0v) is 11.9. The zero-order chi connectivity index (χ0) is 14.5. The summed E-state index contributed by atoms with van der Waals surface area (Å²) in [5, 5.41) is 8.87. The molecule has 0 spiro atoms. The molecule has 0 aliphatic rings. The normalized spacial score (nSPS) is 12.1. The molecule has 0 saturated heterocycles. The largest absolute Gasteiger partial charge is 0.396 e. The van der Waals surface area contributed by atoms with E-state index >= 15 is 0 Å². The predicted molar refractivity (Wildman–Crippen MR) is 72.8 cm³/mol. The summed E-state index contributed by atoms with van der Waals surface area (Å²) >= 11 is 0. The van der Waals surface area contributed by atoms with E-state index in [-0.39, 0.29) is 29.9 Å². The van der Waals surface area contributed by atoms with Crippen LogP contribution in [0.5, 0.6) is 0 Å². The van der Waals surface area contributed by atoms with E-state index in [1.807, 2.05) is 0 Å². The van der Waals surface area contributed by atoms with E-state index in [2.05, 4.69) is 10.4 Å². The number of hydrazine groups is 1. The van der Waals surface area contributed by atoms with E-state index in [1.165, 1.54) is 22.6 Å². The van der Waals surface area contributed by atoms with Crippen molar-refractivity contribution in [3.63, 3.8) is 0 Å². The third kappa shape index (κ3) is 3.63. The second kappa shape index (κ2) is 6.80. The highest BCUT2D eigenvalue weighted by atomic mass is 32.2. The SMILES string of the molecule is CC(C)N(CCCO)S(=O)(=O)c1cccnc1NN. The standard InChI is InChI=1S/C11H20N4O3S/c1-9(2)15(7-4-8-16)19(17,18)10-5-3-6-13-11(10)14-12/h3,5-6,9,16H,4,7-8,12H2,1-2H3,(H,13,14). The maximum absolute atomic E-state index is 12.6. The van der Waals surface area contributed by atoms with Gasteiger partial charge in [-0.05, 0) is 32.4 Å². The van der Waals surface area contributed by atoms with Crippen LogP contribution in [-0.4, -0.2) is 42.0 Å². The van der Waals surface area contributed by atoms with Crippen LogP contribution in [0, 0.1) is 0 Å². The van der Waals surface area contributed by atoms with Crippen molar-refractivity contribution in [1.82, 2.24) is 9.29 Å². The number of sulfonamides is 1. The fourth-order valence-electron chi connectivity index (χ4n) is 1.72. The smallest absolute Gasteiger partial charge is 0.247 e. The van der Waals surface area contributed by atoms with Gasteiger partial charge in [0.1, 0.15) is 4.90 Å². The van der Waals surface area contributed by atoms with E-state index < -0.39 is 10.0 Å². The van der Waals surface area contributed by atoms with Crippen molar-refractivity contribution in [2.45, 2.75) is 31.2 Å². The van der Waals surface area contributed by atoms with E-state index in [0.29, 0.717) is 6.42 Å². The third-order valence-corrected chi connectivity index (χ3v) is 4.71. The van der Waals surface area contributed by atoms with Crippen LogP contribution < -0.4 is 11.3 Å². The van der Waals surface area contributed by atoms with Gasteiger partial charge in [0.2, 0.25) is 10.0 Å². The van der Waals surface area contributed by atoms with Crippen LogP contribution in [0.2, 0.25) is 0 Å². The summed E-state index contributed by atoms with van der Waals surface area (Å²) in [4.78, 5) is 3.93. The predicted octanol–water partition coefficient (Wildman–Crippen LogP) is 0.149. The molecule has 7 nitrogen and oxygen atoms in total. The molecule has 0 aliphatic carbocycles. The summed E-state index contributed by atoms with van der Waals surface area (Å²) in [5.41, 5.74) is 2.29. The molecule has 0 amide bonds. The maximum atomic E-state index is 12.6. The van der Waals surface area contributed by atoms with E-state index in [4.69, 9.17) is 10.9 Å². The number of aliphatic hydroxyl groups excluding tert-OH is 1. The summed E-state index contributed by atoms with van der Waals surface area (Å²) in [6.07, 6.45) is 1.84. The monoisotopic (exact) mass is 288 g/mol. The lowest BCUT2D eigenvalue weighted by Crippen LogP contribution is -2.38. The summed E-state index contributed by atoms with van der Waals surface area (Å²) in [7, 11) is -3.70. The van der Waals surface area contributed by atoms with Crippen LogP contribution in [0.1, 0.15) is 20.3 Å². The number of anilines is 1. The summed E-state index contributed by atoms with van der Waals surface area (Å²) < 4.78 is 26.5. The van der Waals surface area contributed by atoms with Gasteiger partial charge in [-0.15, -0.1) is 0 Å². The first-order valence-electron chi connectivity index (χ1n) is 5.99. The first kappa shape index (κ1) is 15.8. The van der Waals surface area contributed by atoms with Crippen LogP contribution in [0.3, 0.4) is 0 Å². The van der Waals surface area contributed by atoms with Crippen molar-refractivity contribution in [2.75, 3.05) is 18.6 Å². The number of nitrogens with one attached hydrogen (secondary N) is 1. The zero-order valence-electron chi connectivity index (χ0n) is 11.1. The molecule has 8 heteroatoms. The molecule has 0 aromatic carbocycles. The maximum Gasteiger partial charge on any atom is 0.247 e. The number of hydrogen-bond donors (Lipinski definition) is 3. The molecule has 4 N–H and O–H groups in total. The Hall–Kier alpha value is -1.22. The molecule has 0 radical (unpaired) electrons. The fourth-order valence-corrected chi connectivity index (χ4v) is 3.50. The lowest BCUT2D eigenvalue weighted by Gasteiger charge is -2.26. The summed E-state index contributed by atoms with van der Waals surface area (Å²) in [6.45, 7) is 3.74. The number of aromatic nitrogens is 1. The molecule has 0 fully saturated rings. The van der Waals surface area contributed by atoms with Crippen molar-refractivity contribution in [3.8, 4) is 0 Å². The summed E-state index contributed by atoms with van der Waals surface area (Å²) in [5.74, 6) is 5.40. The molecular formula is C11H20N4O3S. The molecule has 0 bridgehead atoms. The minimum Gasteiger partial charge on any atom is -0.396 e. The highest BCUT2D eigenvalue weighted by Gasteiger charge is 2.29. The Labute approximate surface area is 113 Å². The van der Waals surface area contributed by atoms with Gasteiger partial charge in [0.15, 0.2) is 5.82 Å². The number of nitrogen functional groups attached to an aromatic ring is 1. The van der Waals surface area contributed by atoms with Gasteiger partial charge >= 0.3 is 0 Å². The average molecular weight is 288 g/mol. The molecule has 1 rings (SSSR count). The van der Waals surface area contributed by atoms with Gasteiger partial charge in [-0.25, -0.2) is 19.2 Å². The van der Waals surface area contributed by atoms with Crippen LogP contribution in [-0.2, 0) is 10.0 Å². The minimum atomic E-state index is -3.70. The van der Waals surface area contributed by atoms with E-state index in [1.54, 1.807) is 13.8 Å². The van der Waals surface area contributed by atoms with Crippen LogP contribution in [0.25, 0.3) is 0 Å². The van der Waals surface area contributed by atoms with Gasteiger partial charge < -0.3 is 10.5 Å². The first-order chi connectivity index (χ1) is 8.95. The number of nitrogens with zero attached hydrogens (tertiary/aromatic N) is 2. The molecule has 1 aromatic rings. The summed E-state index contributed by atoms with van der Waals surface area (Å²) in [6, 6.07) is 2.77. The number of hydrogen-bond acceptors (Lipinski definition) is 6. The fraction of sp³-hybridized carbons (Fsp3) is 0.545. The van der Waals surface area contributed by atoms with E-state index in [0.717, 1.165) is 0 Å². The Kier molecular flexibility index (Phi) is 5.67. The molecular weight excluding hydrogens is 268 g/mol. The Bertz CT molecular complexity index is 504. The van der Waals surface area contributed by atoms with Gasteiger partial charge in [-0.1, -0.05) is 0 Å². The molecule has 1 aromatic heterocycles. The van der Waals surface area contributed by atoms with Crippen molar-refractivity contribution >= 4 is 15.8 Å². The first-order valence-corrected chi connectivity index (χ1v) is 7.43. The van der Waals surface area contributed by atoms with Crippen LogP contribution in [0.4, 0.5) is 5.82 Å². The minimum absolute atomic E-state index is 0.0316. The second-order valence-corrected chi connectivity index (χ2v) is 6.14. The Morgan fingerprint density at radius 1 is 1.53 bits per heavy atom. The van der Waals surface area contributed by atoms with Crippen molar-refractivity contribution in [1.29, 1.82) is 0 Å². The number of rotatable bonds is 7. The molecule has 1 heterocycles. The topological polar surface area (TPSA) is 109 Å². The second-order valence-electron chi connectivity index (χ2n) is 4.28. The lowest BCUT2D eigenvalue weighted by molar-refractivity contribution is 0.258. The highest BCUT2D eigenvalue weighted by molar-refractivity contribution is 7.89. The molecule has 108 valence electrons. The molecule has 0 unspecified atom stereocenters. The lowest BCUT2D eigenvalue weighted by atomic mass is 10.3. The molecule has 0 atom stereocenters. The van der Waals surface area contributed by atoms with Crippen LogP contribution in [0.15, 0.2) is 23.2 Å². The molecule has 0 aliphatic heterocycles.